The number of anilines is 1. The number of nitrogens with zero attached hydrogens (tertiary/aromatic N) is 4. The Kier molecular flexibility index (Phi) is 4.80. The Hall–Kier alpha value is -3.60. The second kappa shape index (κ2) is 7.43. The molecule has 4 aromatic rings. The molecule has 2 heterocycles. The van der Waals surface area contributed by atoms with E-state index in [-0.39, 0.29) is 5.91 Å². The number of benzene rings is 2. The highest BCUT2D eigenvalue weighted by Gasteiger charge is 2.16. The minimum atomic E-state index is -0.0660. The van der Waals surface area contributed by atoms with E-state index in [2.05, 4.69) is 29.0 Å². The lowest BCUT2D eigenvalue weighted by Gasteiger charge is -2.20. The predicted octanol–water partition coefficient (Wildman–Crippen LogP) is 4.89. The first-order valence-electron chi connectivity index (χ1n) is 9.47. The van der Waals surface area contributed by atoms with E-state index < -0.39 is 0 Å². The maximum atomic E-state index is 12.9. The molecule has 0 saturated heterocycles. The Morgan fingerprint density at radius 2 is 1.76 bits per heavy atom. The third kappa shape index (κ3) is 3.72. The van der Waals surface area contributed by atoms with Gasteiger partial charge >= 0.3 is 0 Å². The van der Waals surface area contributed by atoms with Crippen LogP contribution in [0.15, 0.2) is 60.9 Å². The van der Waals surface area contributed by atoms with E-state index in [4.69, 9.17) is 4.98 Å². The standard InChI is InChI=1S/C24H22N4O/c1-15-5-7-21-20(11-15)14-26-23(27-21)18-6-8-22(16(2)12-18)28(4)24(29)19-9-10-25-17(3)13-19/h5-14H,1-4H3. The lowest BCUT2D eigenvalue weighted by atomic mass is 10.1. The van der Waals surface area contributed by atoms with Crippen molar-refractivity contribution >= 4 is 22.5 Å². The summed E-state index contributed by atoms with van der Waals surface area (Å²) in [4.78, 5) is 27.9. The molecular weight excluding hydrogens is 360 g/mol. The van der Waals surface area contributed by atoms with Gasteiger partial charge in [-0.3, -0.25) is 9.78 Å². The third-order valence-electron chi connectivity index (χ3n) is 5.00. The van der Waals surface area contributed by atoms with Gasteiger partial charge in [-0.2, -0.15) is 0 Å². The summed E-state index contributed by atoms with van der Waals surface area (Å²) < 4.78 is 0. The van der Waals surface area contributed by atoms with Crippen LogP contribution >= 0.6 is 0 Å². The Morgan fingerprint density at radius 1 is 0.931 bits per heavy atom. The summed E-state index contributed by atoms with van der Waals surface area (Å²) in [5, 5.41) is 1.03. The van der Waals surface area contributed by atoms with Crippen LogP contribution in [-0.2, 0) is 0 Å². The predicted molar refractivity (Wildman–Crippen MR) is 116 cm³/mol. The highest BCUT2D eigenvalue weighted by Crippen LogP contribution is 2.27. The summed E-state index contributed by atoms with van der Waals surface area (Å²) in [6.45, 7) is 5.92. The molecule has 2 aromatic heterocycles. The van der Waals surface area contributed by atoms with E-state index in [1.165, 1.54) is 5.56 Å². The molecule has 0 fully saturated rings. The molecule has 2 aromatic carbocycles. The summed E-state index contributed by atoms with van der Waals surface area (Å²) in [5.74, 6) is 0.610. The Morgan fingerprint density at radius 3 is 2.52 bits per heavy atom. The van der Waals surface area contributed by atoms with Gasteiger partial charge < -0.3 is 4.90 Å². The highest BCUT2D eigenvalue weighted by atomic mass is 16.2. The van der Waals surface area contributed by atoms with Crippen LogP contribution in [0.4, 0.5) is 5.69 Å². The van der Waals surface area contributed by atoms with Crippen molar-refractivity contribution in [2.75, 3.05) is 11.9 Å². The number of pyridine rings is 1. The van der Waals surface area contributed by atoms with E-state index in [0.29, 0.717) is 11.4 Å². The number of fused-ring (bicyclic) bond motifs is 1. The van der Waals surface area contributed by atoms with Gasteiger partial charge in [0.25, 0.3) is 5.91 Å². The number of aryl methyl sites for hydroxylation is 3. The molecule has 0 aliphatic carbocycles. The molecule has 29 heavy (non-hydrogen) atoms. The number of carbonyl (C=O) groups excluding carboxylic acids is 1. The van der Waals surface area contributed by atoms with Crippen molar-refractivity contribution in [1.82, 2.24) is 15.0 Å². The number of amides is 1. The van der Waals surface area contributed by atoms with Gasteiger partial charge in [0.2, 0.25) is 0 Å². The van der Waals surface area contributed by atoms with Crippen LogP contribution in [0.25, 0.3) is 22.3 Å². The Labute approximate surface area is 170 Å². The molecule has 0 atom stereocenters. The molecule has 0 unspecified atom stereocenters. The second-order valence-electron chi connectivity index (χ2n) is 7.31. The van der Waals surface area contributed by atoms with Crippen LogP contribution < -0.4 is 4.90 Å². The lowest BCUT2D eigenvalue weighted by Crippen LogP contribution is -2.27. The summed E-state index contributed by atoms with van der Waals surface area (Å²) in [6.07, 6.45) is 3.51. The zero-order valence-electron chi connectivity index (χ0n) is 17.0. The average Bonchev–Trinajstić information content (AvgIpc) is 2.72. The van der Waals surface area contributed by atoms with Gasteiger partial charge in [-0.15, -0.1) is 0 Å². The summed E-state index contributed by atoms with van der Waals surface area (Å²) in [6, 6.07) is 15.6. The van der Waals surface area contributed by atoms with Crippen molar-refractivity contribution in [3.63, 3.8) is 0 Å². The number of rotatable bonds is 3. The minimum Gasteiger partial charge on any atom is -0.311 e. The van der Waals surface area contributed by atoms with E-state index in [9.17, 15) is 4.79 Å². The van der Waals surface area contributed by atoms with Crippen molar-refractivity contribution in [2.24, 2.45) is 0 Å². The first-order chi connectivity index (χ1) is 13.9. The van der Waals surface area contributed by atoms with Crippen molar-refractivity contribution in [1.29, 1.82) is 0 Å². The number of aromatic nitrogens is 3. The Bertz CT molecular complexity index is 1230. The molecule has 5 nitrogen and oxygen atoms in total. The SMILES string of the molecule is Cc1ccc2nc(-c3ccc(N(C)C(=O)c4ccnc(C)c4)c(C)c3)ncc2c1. The van der Waals surface area contributed by atoms with Crippen LogP contribution in [0.2, 0.25) is 0 Å². The number of hydrogen-bond acceptors (Lipinski definition) is 4. The third-order valence-corrected chi connectivity index (χ3v) is 5.00. The topological polar surface area (TPSA) is 59.0 Å². The highest BCUT2D eigenvalue weighted by molar-refractivity contribution is 6.06. The normalized spacial score (nSPS) is 10.9. The smallest absolute Gasteiger partial charge is 0.258 e. The van der Waals surface area contributed by atoms with Gasteiger partial charge in [-0.05, 0) is 68.8 Å². The van der Waals surface area contributed by atoms with Crippen molar-refractivity contribution in [2.45, 2.75) is 20.8 Å². The zero-order valence-corrected chi connectivity index (χ0v) is 17.0. The van der Waals surface area contributed by atoms with Gasteiger partial charge in [-0.1, -0.05) is 11.6 Å². The fourth-order valence-electron chi connectivity index (χ4n) is 3.44. The average molecular weight is 382 g/mol. The van der Waals surface area contributed by atoms with Gasteiger partial charge in [-0.25, -0.2) is 9.97 Å². The monoisotopic (exact) mass is 382 g/mol. The maximum absolute atomic E-state index is 12.9. The first-order valence-corrected chi connectivity index (χ1v) is 9.47. The molecule has 1 amide bonds. The van der Waals surface area contributed by atoms with Crippen LogP contribution in [0.5, 0.6) is 0 Å². The van der Waals surface area contributed by atoms with Crippen LogP contribution in [0.3, 0.4) is 0 Å². The van der Waals surface area contributed by atoms with Crippen molar-refractivity contribution in [3.8, 4) is 11.4 Å². The molecule has 0 spiro atoms. The van der Waals surface area contributed by atoms with Gasteiger partial charge in [0.1, 0.15) is 0 Å². The fourth-order valence-corrected chi connectivity index (χ4v) is 3.44. The molecule has 0 N–H and O–H groups in total. The van der Waals surface area contributed by atoms with Crippen molar-refractivity contribution < 1.29 is 4.79 Å². The summed E-state index contributed by atoms with van der Waals surface area (Å²) in [5.41, 5.74) is 6.31. The molecule has 4 rings (SSSR count). The largest absolute Gasteiger partial charge is 0.311 e. The van der Waals surface area contributed by atoms with Gasteiger partial charge in [0.15, 0.2) is 5.82 Å². The maximum Gasteiger partial charge on any atom is 0.258 e. The van der Waals surface area contributed by atoms with Crippen LogP contribution in [0, 0.1) is 20.8 Å². The summed E-state index contributed by atoms with van der Waals surface area (Å²) in [7, 11) is 1.79. The quantitative estimate of drug-likeness (QED) is 0.506. The van der Waals surface area contributed by atoms with Gasteiger partial charge in [0, 0.05) is 47.3 Å². The van der Waals surface area contributed by atoms with E-state index in [1.54, 1.807) is 30.3 Å². The zero-order chi connectivity index (χ0) is 20.5. The molecular formula is C24H22N4O. The van der Waals surface area contributed by atoms with E-state index in [0.717, 1.165) is 33.4 Å². The number of hydrogen-bond donors (Lipinski definition) is 0. The molecule has 5 heteroatoms. The lowest BCUT2D eigenvalue weighted by molar-refractivity contribution is 0.0992. The molecule has 0 saturated carbocycles. The number of carbonyl (C=O) groups is 1. The fraction of sp³-hybridized carbons (Fsp3) is 0.167. The van der Waals surface area contributed by atoms with Crippen LogP contribution in [-0.4, -0.2) is 27.9 Å². The van der Waals surface area contributed by atoms with E-state index >= 15 is 0 Å². The van der Waals surface area contributed by atoms with Gasteiger partial charge in [0.05, 0.1) is 5.52 Å². The molecule has 0 radical (unpaired) electrons. The Balaban J connectivity index is 1.65. The second-order valence-corrected chi connectivity index (χ2v) is 7.31. The summed E-state index contributed by atoms with van der Waals surface area (Å²) >= 11 is 0. The minimum absolute atomic E-state index is 0.0660. The molecule has 144 valence electrons. The molecule has 0 aliphatic heterocycles. The molecule has 0 aliphatic rings. The molecule has 0 bridgehead atoms. The first kappa shape index (κ1) is 18.7. The van der Waals surface area contributed by atoms with Crippen LogP contribution in [0.1, 0.15) is 27.2 Å². The van der Waals surface area contributed by atoms with Crippen molar-refractivity contribution in [3.05, 3.63) is 83.3 Å². The van der Waals surface area contributed by atoms with E-state index in [1.807, 2.05) is 44.3 Å².